The van der Waals surface area contributed by atoms with E-state index < -0.39 is 71.8 Å². The van der Waals surface area contributed by atoms with Crippen LogP contribution in [0.4, 0.5) is 0 Å². The number of rotatable bonds is 8. The standard InChI is InChI=1S/C40H62N8O6S/c1-19(2)15-27-34(49)43-28(16-24-17-41-26-14-12-11-13-25(24)26)35(50)45-30(20(3)4)37(52)46-31(21(5)6)38(53)47-32(22(7)8)39(54)48-33(23(9)10)40-44-29(18-55-40)36(51)42-27/h11-14,17,19-23,27-33,40-41,44H,15-16,18H2,1-10H3,(H,42,51)(H,43,49)(H,45,50)(H,46,52)(H,47,53)(H,48,54)/t27-,28+,29+,30-,31+,32-,33+,40?/m1/s1. The minimum atomic E-state index is -1.12. The quantitative estimate of drug-likeness (QED) is 0.199. The molecule has 1 aromatic carbocycles. The van der Waals surface area contributed by atoms with E-state index in [-0.39, 0.29) is 47.3 Å². The van der Waals surface area contributed by atoms with E-state index in [0.717, 1.165) is 16.5 Å². The van der Waals surface area contributed by atoms with Gasteiger partial charge in [0, 0.05) is 29.3 Å². The van der Waals surface area contributed by atoms with Crippen molar-refractivity contribution in [3.05, 3.63) is 36.0 Å². The fourth-order valence-electron chi connectivity index (χ4n) is 7.02. The van der Waals surface area contributed by atoms with Crippen LogP contribution in [0.15, 0.2) is 30.5 Å². The molecule has 3 heterocycles. The SMILES string of the molecule is CC(C)C[C@H]1NC(=O)[C@@H]2CSC(N2)[C@H](C(C)C)NC(=O)[C@@H](C(C)C)NC(=O)[C@H](C(C)C)NC(=O)[C@@H](C(C)C)NC(=O)[C@H](Cc2c[nH]c3ccccc23)NC1=O. The van der Waals surface area contributed by atoms with E-state index in [4.69, 9.17) is 0 Å². The van der Waals surface area contributed by atoms with E-state index in [9.17, 15) is 28.8 Å². The molecule has 0 spiro atoms. The van der Waals surface area contributed by atoms with Crippen molar-refractivity contribution in [1.29, 1.82) is 0 Å². The van der Waals surface area contributed by atoms with E-state index in [1.165, 1.54) is 11.8 Å². The number of benzene rings is 1. The van der Waals surface area contributed by atoms with Crippen LogP contribution in [-0.4, -0.2) is 93.8 Å². The Morgan fingerprint density at radius 3 is 1.65 bits per heavy atom. The number of fused-ring (bicyclic) bond motifs is 3. The third-order valence-corrected chi connectivity index (χ3v) is 11.6. The molecule has 304 valence electrons. The fraction of sp³-hybridized carbons (Fsp3) is 0.650. The van der Waals surface area contributed by atoms with Crippen molar-refractivity contribution in [3.63, 3.8) is 0 Å². The Labute approximate surface area is 329 Å². The predicted octanol–water partition coefficient (Wildman–Crippen LogP) is 2.33. The molecule has 2 saturated heterocycles. The molecule has 2 aliphatic heterocycles. The summed E-state index contributed by atoms with van der Waals surface area (Å²) >= 11 is 1.51. The number of thioether (sulfide) groups is 1. The van der Waals surface area contributed by atoms with E-state index in [1.54, 1.807) is 33.9 Å². The molecule has 2 aliphatic rings. The average molecular weight is 783 g/mol. The molecule has 55 heavy (non-hydrogen) atoms. The zero-order valence-electron chi connectivity index (χ0n) is 33.9. The van der Waals surface area contributed by atoms with Crippen LogP contribution in [0, 0.1) is 29.6 Å². The number of carbonyl (C=O) groups is 6. The molecule has 2 bridgehead atoms. The van der Waals surface area contributed by atoms with Crippen LogP contribution in [0.1, 0.15) is 81.2 Å². The minimum Gasteiger partial charge on any atom is -0.361 e. The summed E-state index contributed by atoms with van der Waals surface area (Å²) in [7, 11) is 0. The summed E-state index contributed by atoms with van der Waals surface area (Å²) in [6.45, 7) is 18.7. The number of hydrogen-bond acceptors (Lipinski definition) is 8. The van der Waals surface area contributed by atoms with Gasteiger partial charge in [0.25, 0.3) is 0 Å². The van der Waals surface area contributed by atoms with Crippen molar-refractivity contribution in [3.8, 4) is 0 Å². The van der Waals surface area contributed by atoms with Crippen LogP contribution in [0.2, 0.25) is 0 Å². The highest BCUT2D eigenvalue weighted by atomic mass is 32.2. The van der Waals surface area contributed by atoms with E-state index in [1.807, 2.05) is 65.8 Å². The van der Waals surface area contributed by atoms with Crippen LogP contribution >= 0.6 is 11.8 Å². The largest absolute Gasteiger partial charge is 0.361 e. The molecular weight excluding hydrogens is 721 g/mol. The molecule has 2 fully saturated rings. The third kappa shape index (κ3) is 11.2. The molecule has 8 atom stereocenters. The van der Waals surface area contributed by atoms with Gasteiger partial charge in [-0.05, 0) is 47.6 Å². The Balaban J connectivity index is 1.76. The molecule has 0 saturated carbocycles. The number of para-hydroxylation sites is 1. The van der Waals surface area contributed by atoms with Crippen molar-refractivity contribution in [2.45, 2.75) is 130 Å². The molecule has 1 unspecified atom stereocenters. The molecular formula is C40H62N8O6S. The first-order chi connectivity index (χ1) is 25.9. The fourth-order valence-corrected chi connectivity index (χ4v) is 8.52. The Hall–Kier alpha value is -4.11. The molecule has 0 aliphatic carbocycles. The summed E-state index contributed by atoms with van der Waals surface area (Å²) in [5.41, 5.74) is 1.65. The van der Waals surface area contributed by atoms with Gasteiger partial charge < -0.3 is 36.9 Å². The number of aromatic nitrogens is 1. The molecule has 8 N–H and O–H groups in total. The van der Waals surface area contributed by atoms with Gasteiger partial charge in [0.1, 0.15) is 30.2 Å². The first kappa shape index (κ1) is 43.6. The number of hydrogen-bond donors (Lipinski definition) is 8. The smallest absolute Gasteiger partial charge is 0.243 e. The van der Waals surface area contributed by atoms with Crippen LogP contribution in [0.3, 0.4) is 0 Å². The summed E-state index contributed by atoms with van der Waals surface area (Å²) in [6.07, 6.45) is 2.21. The second-order valence-electron chi connectivity index (χ2n) is 16.8. The van der Waals surface area contributed by atoms with Gasteiger partial charge in [-0.15, -0.1) is 11.8 Å². The molecule has 4 rings (SSSR count). The molecule has 6 amide bonds. The number of H-pyrrole nitrogens is 1. The van der Waals surface area contributed by atoms with Gasteiger partial charge in [-0.25, -0.2) is 0 Å². The lowest BCUT2D eigenvalue weighted by Crippen LogP contribution is -2.62. The van der Waals surface area contributed by atoms with Crippen molar-refractivity contribution < 1.29 is 28.8 Å². The normalized spacial score (nSPS) is 28.2. The maximum Gasteiger partial charge on any atom is 0.243 e. The molecule has 14 nitrogen and oxygen atoms in total. The highest BCUT2D eigenvalue weighted by molar-refractivity contribution is 8.00. The zero-order chi connectivity index (χ0) is 40.7. The van der Waals surface area contributed by atoms with Crippen molar-refractivity contribution in [2.75, 3.05) is 5.75 Å². The Bertz CT molecular complexity index is 1690. The summed E-state index contributed by atoms with van der Waals surface area (Å²) in [4.78, 5) is 87.2. The van der Waals surface area contributed by atoms with E-state index >= 15 is 0 Å². The first-order valence-electron chi connectivity index (χ1n) is 19.6. The second kappa shape index (κ2) is 19.2. The van der Waals surface area contributed by atoms with E-state index in [0.29, 0.717) is 12.2 Å². The second-order valence-corrected chi connectivity index (χ2v) is 17.9. The van der Waals surface area contributed by atoms with Gasteiger partial charge in [0.2, 0.25) is 35.4 Å². The lowest BCUT2D eigenvalue weighted by atomic mass is 9.96. The van der Waals surface area contributed by atoms with Crippen LogP contribution < -0.4 is 37.2 Å². The monoisotopic (exact) mass is 782 g/mol. The number of aromatic amines is 1. The molecule has 1 aromatic heterocycles. The highest BCUT2D eigenvalue weighted by Gasteiger charge is 2.40. The lowest BCUT2D eigenvalue weighted by molar-refractivity contribution is -0.136. The number of amides is 6. The predicted molar refractivity (Wildman–Crippen MR) is 216 cm³/mol. The van der Waals surface area contributed by atoms with Gasteiger partial charge in [-0.2, -0.15) is 0 Å². The zero-order valence-corrected chi connectivity index (χ0v) is 34.7. The Kier molecular flexibility index (Phi) is 15.2. The summed E-state index contributed by atoms with van der Waals surface area (Å²) in [6, 6.07) is 1.52. The van der Waals surface area contributed by atoms with Crippen molar-refractivity contribution in [2.24, 2.45) is 29.6 Å². The molecule has 2 aromatic rings. The maximum atomic E-state index is 14.3. The summed E-state index contributed by atoms with van der Waals surface area (Å²) in [5.74, 6) is -3.60. The van der Waals surface area contributed by atoms with Crippen LogP contribution in [0.25, 0.3) is 10.9 Å². The first-order valence-corrected chi connectivity index (χ1v) is 20.7. The lowest BCUT2D eigenvalue weighted by Gasteiger charge is -2.32. The topological polar surface area (TPSA) is 202 Å². The van der Waals surface area contributed by atoms with Crippen molar-refractivity contribution >= 4 is 58.1 Å². The summed E-state index contributed by atoms with van der Waals surface area (Å²) < 4.78 is 0. The van der Waals surface area contributed by atoms with E-state index in [2.05, 4.69) is 42.2 Å². The third-order valence-electron chi connectivity index (χ3n) is 10.3. The number of nitrogens with one attached hydrogen (secondary N) is 8. The Morgan fingerprint density at radius 2 is 1.11 bits per heavy atom. The highest BCUT2D eigenvalue weighted by Crippen LogP contribution is 2.26. The van der Waals surface area contributed by atoms with Crippen molar-refractivity contribution in [1.82, 2.24) is 42.2 Å². The average Bonchev–Trinajstić information content (AvgIpc) is 3.76. The van der Waals surface area contributed by atoms with Gasteiger partial charge in [-0.1, -0.05) is 87.4 Å². The van der Waals surface area contributed by atoms with Crippen LogP contribution in [0.5, 0.6) is 0 Å². The van der Waals surface area contributed by atoms with Gasteiger partial charge in [-0.3, -0.25) is 34.1 Å². The Morgan fingerprint density at radius 1 is 0.600 bits per heavy atom. The van der Waals surface area contributed by atoms with Gasteiger partial charge in [0.05, 0.1) is 17.5 Å². The van der Waals surface area contributed by atoms with Crippen LogP contribution in [-0.2, 0) is 35.2 Å². The summed E-state index contributed by atoms with van der Waals surface area (Å²) in [5, 5.41) is 21.5. The molecule has 15 heteroatoms. The minimum absolute atomic E-state index is 0.0266. The van der Waals surface area contributed by atoms with Gasteiger partial charge in [0.15, 0.2) is 0 Å². The molecule has 0 radical (unpaired) electrons. The maximum absolute atomic E-state index is 14.3. The number of carbonyl (C=O) groups excluding carboxylic acids is 6. The van der Waals surface area contributed by atoms with Gasteiger partial charge >= 0.3 is 0 Å².